The number of para-hydroxylation sites is 1. The third-order valence-electron chi connectivity index (χ3n) is 3.59. The SMILES string of the molecule is CC(=O)N(CCNC(=O)c1cccc(F)c1)c1ccccc1C(F)(F)F. The van der Waals surface area contributed by atoms with Crippen molar-refractivity contribution in [2.45, 2.75) is 13.1 Å². The Kier molecular flexibility index (Phi) is 5.97. The van der Waals surface area contributed by atoms with Gasteiger partial charge in [-0.3, -0.25) is 9.59 Å². The van der Waals surface area contributed by atoms with Crippen LogP contribution in [0.25, 0.3) is 0 Å². The summed E-state index contributed by atoms with van der Waals surface area (Å²) in [6.45, 7) is 0.881. The molecule has 0 saturated heterocycles. The van der Waals surface area contributed by atoms with Gasteiger partial charge >= 0.3 is 6.18 Å². The number of carbonyl (C=O) groups is 2. The standard InChI is InChI=1S/C18H16F4N2O2/c1-12(25)24(16-8-3-2-7-15(16)18(20,21)22)10-9-23-17(26)13-5-4-6-14(19)11-13/h2-8,11H,9-10H2,1H3,(H,23,26). The molecule has 0 saturated carbocycles. The van der Waals surface area contributed by atoms with Crippen LogP contribution in [0.5, 0.6) is 0 Å². The maximum absolute atomic E-state index is 13.1. The van der Waals surface area contributed by atoms with Crippen LogP contribution in [-0.4, -0.2) is 24.9 Å². The minimum absolute atomic E-state index is 0.0788. The van der Waals surface area contributed by atoms with Crippen LogP contribution in [0, 0.1) is 5.82 Å². The van der Waals surface area contributed by atoms with Gasteiger partial charge in [-0.15, -0.1) is 0 Å². The molecule has 4 nitrogen and oxygen atoms in total. The monoisotopic (exact) mass is 368 g/mol. The van der Waals surface area contributed by atoms with Crippen molar-refractivity contribution in [2.75, 3.05) is 18.0 Å². The van der Waals surface area contributed by atoms with E-state index in [1.807, 2.05) is 0 Å². The average molecular weight is 368 g/mol. The van der Waals surface area contributed by atoms with Crippen molar-refractivity contribution < 1.29 is 27.2 Å². The number of alkyl halides is 3. The lowest BCUT2D eigenvalue weighted by molar-refractivity contribution is -0.137. The minimum atomic E-state index is -4.62. The molecule has 0 aromatic heterocycles. The maximum Gasteiger partial charge on any atom is 0.418 e. The second kappa shape index (κ2) is 7.99. The van der Waals surface area contributed by atoms with Gasteiger partial charge in [0.2, 0.25) is 5.91 Å². The predicted molar refractivity (Wildman–Crippen MR) is 88.2 cm³/mol. The molecule has 1 N–H and O–H groups in total. The van der Waals surface area contributed by atoms with Crippen molar-refractivity contribution in [3.05, 3.63) is 65.5 Å². The number of nitrogens with zero attached hydrogens (tertiary/aromatic N) is 1. The summed E-state index contributed by atoms with van der Waals surface area (Å²) >= 11 is 0. The van der Waals surface area contributed by atoms with Crippen molar-refractivity contribution in [1.29, 1.82) is 0 Å². The Morgan fingerprint density at radius 1 is 1.08 bits per heavy atom. The van der Waals surface area contributed by atoms with Crippen LogP contribution in [0.4, 0.5) is 23.2 Å². The van der Waals surface area contributed by atoms with Gasteiger partial charge in [-0.25, -0.2) is 4.39 Å². The fourth-order valence-electron chi connectivity index (χ4n) is 2.41. The van der Waals surface area contributed by atoms with E-state index in [-0.39, 0.29) is 24.3 Å². The molecule has 0 spiro atoms. The van der Waals surface area contributed by atoms with Gasteiger partial charge in [0.25, 0.3) is 5.91 Å². The smallest absolute Gasteiger partial charge is 0.350 e. The highest BCUT2D eigenvalue weighted by molar-refractivity contribution is 5.95. The first-order valence-electron chi connectivity index (χ1n) is 7.68. The topological polar surface area (TPSA) is 49.4 Å². The predicted octanol–water partition coefficient (Wildman–Crippen LogP) is 3.63. The number of rotatable bonds is 5. The molecule has 0 aliphatic heterocycles. The number of anilines is 1. The summed E-state index contributed by atoms with van der Waals surface area (Å²) in [7, 11) is 0. The highest BCUT2D eigenvalue weighted by atomic mass is 19.4. The van der Waals surface area contributed by atoms with Crippen LogP contribution in [0.3, 0.4) is 0 Å². The van der Waals surface area contributed by atoms with Crippen LogP contribution in [-0.2, 0) is 11.0 Å². The summed E-state index contributed by atoms with van der Waals surface area (Å²) < 4.78 is 52.5. The van der Waals surface area contributed by atoms with Crippen LogP contribution in [0.2, 0.25) is 0 Å². The van der Waals surface area contributed by atoms with Crippen LogP contribution >= 0.6 is 0 Å². The van der Waals surface area contributed by atoms with Gasteiger partial charge in [0.1, 0.15) is 5.82 Å². The summed E-state index contributed by atoms with van der Waals surface area (Å²) in [4.78, 5) is 24.7. The maximum atomic E-state index is 13.1. The van der Waals surface area contributed by atoms with E-state index >= 15 is 0 Å². The van der Waals surface area contributed by atoms with E-state index in [0.717, 1.165) is 24.0 Å². The molecule has 0 radical (unpaired) electrons. The highest BCUT2D eigenvalue weighted by Crippen LogP contribution is 2.36. The first-order valence-corrected chi connectivity index (χ1v) is 7.68. The van der Waals surface area contributed by atoms with Gasteiger partial charge in [0, 0.05) is 25.6 Å². The molecular weight excluding hydrogens is 352 g/mol. The molecule has 2 amide bonds. The summed E-state index contributed by atoms with van der Waals surface area (Å²) in [6, 6.07) is 9.70. The Labute approximate surface area is 147 Å². The van der Waals surface area contributed by atoms with E-state index in [4.69, 9.17) is 0 Å². The molecule has 0 aliphatic rings. The number of amides is 2. The minimum Gasteiger partial charge on any atom is -0.350 e. The zero-order valence-electron chi connectivity index (χ0n) is 13.8. The molecule has 8 heteroatoms. The normalized spacial score (nSPS) is 11.1. The van der Waals surface area contributed by atoms with Crippen molar-refractivity contribution in [2.24, 2.45) is 0 Å². The van der Waals surface area contributed by atoms with Gasteiger partial charge in [-0.1, -0.05) is 18.2 Å². The second-order valence-corrected chi connectivity index (χ2v) is 5.45. The van der Waals surface area contributed by atoms with Gasteiger partial charge in [0.15, 0.2) is 0 Å². The lowest BCUT2D eigenvalue weighted by atomic mass is 10.1. The Bertz CT molecular complexity index is 806. The Morgan fingerprint density at radius 2 is 1.77 bits per heavy atom. The molecule has 2 aromatic rings. The summed E-state index contributed by atoms with van der Waals surface area (Å²) in [5, 5.41) is 2.46. The molecule has 0 fully saturated rings. The van der Waals surface area contributed by atoms with Crippen molar-refractivity contribution in [3.8, 4) is 0 Å². The first kappa shape index (κ1) is 19.4. The highest BCUT2D eigenvalue weighted by Gasteiger charge is 2.35. The Morgan fingerprint density at radius 3 is 2.38 bits per heavy atom. The average Bonchev–Trinajstić information content (AvgIpc) is 2.57. The fraction of sp³-hybridized carbons (Fsp3) is 0.222. The number of nitrogens with one attached hydrogen (secondary N) is 1. The molecule has 0 unspecified atom stereocenters. The number of halogens is 4. The fourth-order valence-corrected chi connectivity index (χ4v) is 2.41. The number of hydrogen-bond donors (Lipinski definition) is 1. The van der Waals surface area contributed by atoms with E-state index in [9.17, 15) is 27.2 Å². The Balaban J connectivity index is 2.11. The third kappa shape index (κ3) is 4.81. The zero-order valence-corrected chi connectivity index (χ0v) is 13.8. The first-order chi connectivity index (χ1) is 12.2. The van der Waals surface area contributed by atoms with Gasteiger partial charge in [-0.2, -0.15) is 13.2 Å². The number of hydrogen-bond acceptors (Lipinski definition) is 2. The third-order valence-corrected chi connectivity index (χ3v) is 3.59. The summed E-state index contributed by atoms with van der Waals surface area (Å²) in [5.41, 5.74) is -1.14. The van der Waals surface area contributed by atoms with Crippen molar-refractivity contribution in [1.82, 2.24) is 5.32 Å². The molecule has 0 aliphatic carbocycles. The molecule has 0 bridgehead atoms. The molecule has 0 atom stereocenters. The van der Waals surface area contributed by atoms with E-state index < -0.39 is 29.4 Å². The van der Waals surface area contributed by atoms with Crippen molar-refractivity contribution in [3.63, 3.8) is 0 Å². The zero-order chi connectivity index (χ0) is 19.3. The number of carbonyl (C=O) groups excluding carboxylic acids is 2. The van der Waals surface area contributed by atoms with E-state index in [1.165, 1.54) is 36.4 Å². The van der Waals surface area contributed by atoms with Gasteiger partial charge < -0.3 is 10.2 Å². The van der Waals surface area contributed by atoms with Crippen molar-refractivity contribution >= 4 is 17.5 Å². The lowest BCUT2D eigenvalue weighted by Gasteiger charge is -2.25. The van der Waals surface area contributed by atoms with E-state index in [0.29, 0.717) is 0 Å². The number of benzene rings is 2. The molecular formula is C18H16F4N2O2. The molecule has 2 rings (SSSR count). The molecule has 138 valence electrons. The van der Waals surface area contributed by atoms with E-state index in [1.54, 1.807) is 0 Å². The van der Waals surface area contributed by atoms with Crippen LogP contribution < -0.4 is 10.2 Å². The quantitative estimate of drug-likeness (QED) is 0.820. The van der Waals surface area contributed by atoms with Gasteiger partial charge in [-0.05, 0) is 30.3 Å². The van der Waals surface area contributed by atoms with Crippen LogP contribution in [0.1, 0.15) is 22.8 Å². The molecule has 26 heavy (non-hydrogen) atoms. The summed E-state index contributed by atoms with van der Waals surface area (Å²) in [6.07, 6.45) is -4.62. The largest absolute Gasteiger partial charge is 0.418 e. The van der Waals surface area contributed by atoms with Gasteiger partial charge in [0.05, 0.1) is 11.3 Å². The lowest BCUT2D eigenvalue weighted by Crippen LogP contribution is -2.38. The molecule has 2 aromatic carbocycles. The Hall–Kier alpha value is -2.90. The van der Waals surface area contributed by atoms with E-state index in [2.05, 4.69) is 5.32 Å². The summed E-state index contributed by atoms with van der Waals surface area (Å²) in [5.74, 6) is -1.76. The van der Waals surface area contributed by atoms with Crippen LogP contribution in [0.15, 0.2) is 48.5 Å². The second-order valence-electron chi connectivity index (χ2n) is 5.45. The molecule has 0 heterocycles.